The SMILES string of the molecule is COc1ccc2c(=O)cc(C(=O)NC3CCN(Cc4ccc(Br)cc4)CC3)oc2c1. The Hall–Kier alpha value is -2.64. The molecule has 1 N–H and O–H groups in total. The molecule has 0 aliphatic carbocycles. The summed E-state index contributed by atoms with van der Waals surface area (Å²) < 4.78 is 11.9. The van der Waals surface area contributed by atoms with E-state index in [1.165, 1.54) is 11.6 Å². The first-order valence-electron chi connectivity index (χ1n) is 9.91. The number of methoxy groups -OCH3 is 1. The lowest BCUT2D eigenvalue weighted by molar-refractivity contribution is 0.0881. The third-order valence-electron chi connectivity index (χ3n) is 5.40. The monoisotopic (exact) mass is 470 g/mol. The number of hydrogen-bond acceptors (Lipinski definition) is 5. The lowest BCUT2D eigenvalue weighted by Gasteiger charge is -2.32. The summed E-state index contributed by atoms with van der Waals surface area (Å²) >= 11 is 3.46. The number of piperidine rings is 1. The molecule has 1 aliphatic heterocycles. The Labute approximate surface area is 183 Å². The van der Waals surface area contributed by atoms with Crippen LogP contribution in [0.1, 0.15) is 29.0 Å². The number of hydrogen-bond donors (Lipinski definition) is 1. The maximum atomic E-state index is 12.7. The van der Waals surface area contributed by atoms with Crippen LogP contribution in [0.4, 0.5) is 0 Å². The van der Waals surface area contributed by atoms with Crippen molar-refractivity contribution >= 4 is 32.8 Å². The van der Waals surface area contributed by atoms with Crippen molar-refractivity contribution in [2.75, 3.05) is 20.2 Å². The summed E-state index contributed by atoms with van der Waals surface area (Å²) in [5, 5.41) is 3.44. The normalized spacial score (nSPS) is 15.3. The van der Waals surface area contributed by atoms with Crippen LogP contribution in [0.3, 0.4) is 0 Å². The van der Waals surface area contributed by atoms with E-state index in [1.807, 2.05) is 0 Å². The zero-order chi connectivity index (χ0) is 21.1. The molecule has 2 heterocycles. The highest BCUT2D eigenvalue weighted by atomic mass is 79.9. The van der Waals surface area contributed by atoms with Gasteiger partial charge in [-0.1, -0.05) is 28.1 Å². The second kappa shape index (κ2) is 9.02. The number of nitrogens with one attached hydrogen (secondary N) is 1. The molecule has 1 aromatic heterocycles. The highest BCUT2D eigenvalue weighted by Crippen LogP contribution is 2.20. The number of rotatable bonds is 5. The third-order valence-corrected chi connectivity index (χ3v) is 5.93. The fraction of sp³-hybridized carbons (Fsp3) is 0.304. The highest BCUT2D eigenvalue weighted by molar-refractivity contribution is 9.10. The Bertz CT molecular complexity index is 1100. The maximum Gasteiger partial charge on any atom is 0.287 e. The molecule has 7 heteroatoms. The molecule has 0 unspecified atom stereocenters. The van der Waals surface area contributed by atoms with Crippen LogP contribution in [-0.4, -0.2) is 37.0 Å². The summed E-state index contributed by atoms with van der Waals surface area (Å²) in [7, 11) is 1.54. The van der Waals surface area contributed by atoms with Crippen molar-refractivity contribution in [1.82, 2.24) is 10.2 Å². The van der Waals surface area contributed by atoms with Gasteiger partial charge in [-0.05, 0) is 42.7 Å². The quantitative estimate of drug-likeness (QED) is 0.610. The summed E-state index contributed by atoms with van der Waals surface area (Å²) in [5.74, 6) is 0.238. The molecule has 0 radical (unpaired) electrons. The minimum Gasteiger partial charge on any atom is -0.497 e. The standard InChI is InChI=1S/C23H23BrN2O4/c1-29-18-6-7-19-20(27)13-22(30-21(19)12-18)23(28)25-17-8-10-26(11-9-17)14-15-2-4-16(24)5-3-15/h2-7,12-13,17H,8-11,14H2,1H3,(H,25,28). The van der Waals surface area contributed by atoms with E-state index in [9.17, 15) is 9.59 Å². The molecule has 2 aromatic carbocycles. The van der Waals surface area contributed by atoms with Gasteiger partial charge < -0.3 is 14.5 Å². The van der Waals surface area contributed by atoms with Crippen LogP contribution in [0.2, 0.25) is 0 Å². The second-order valence-electron chi connectivity index (χ2n) is 7.49. The molecule has 4 rings (SSSR count). The van der Waals surface area contributed by atoms with Crippen molar-refractivity contribution in [2.24, 2.45) is 0 Å². The van der Waals surface area contributed by atoms with Crippen molar-refractivity contribution in [1.29, 1.82) is 0 Å². The lowest BCUT2D eigenvalue weighted by Crippen LogP contribution is -2.44. The number of likely N-dealkylation sites (tertiary alicyclic amines) is 1. The predicted molar refractivity (Wildman–Crippen MR) is 119 cm³/mol. The summed E-state index contributed by atoms with van der Waals surface area (Å²) in [5.41, 5.74) is 1.37. The van der Waals surface area contributed by atoms with E-state index in [1.54, 1.807) is 25.3 Å². The third kappa shape index (κ3) is 4.74. The molecule has 156 valence electrons. The fourth-order valence-corrected chi connectivity index (χ4v) is 3.98. The van der Waals surface area contributed by atoms with Crippen LogP contribution in [0.25, 0.3) is 11.0 Å². The summed E-state index contributed by atoms with van der Waals surface area (Å²) in [6, 6.07) is 14.6. The van der Waals surface area contributed by atoms with Crippen LogP contribution < -0.4 is 15.5 Å². The van der Waals surface area contributed by atoms with Gasteiger partial charge in [0.05, 0.1) is 12.5 Å². The van der Waals surface area contributed by atoms with Gasteiger partial charge in [-0.25, -0.2) is 0 Å². The van der Waals surface area contributed by atoms with Crippen LogP contribution in [-0.2, 0) is 6.54 Å². The summed E-state index contributed by atoms with van der Waals surface area (Å²) in [4.78, 5) is 27.4. The minimum absolute atomic E-state index is 0.0260. The highest BCUT2D eigenvalue weighted by Gasteiger charge is 2.22. The molecule has 30 heavy (non-hydrogen) atoms. The van der Waals surface area contributed by atoms with Gasteiger partial charge in [0.15, 0.2) is 11.2 Å². The first kappa shape index (κ1) is 20.6. The van der Waals surface area contributed by atoms with Crippen molar-refractivity contribution in [3.8, 4) is 5.75 Å². The number of ether oxygens (including phenoxy) is 1. The number of halogens is 1. The Morgan fingerprint density at radius 2 is 1.90 bits per heavy atom. The van der Waals surface area contributed by atoms with Gasteiger partial charge in [0, 0.05) is 42.3 Å². The van der Waals surface area contributed by atoms with E-state index in [0.717, 1.165) is 36.9 Å². The van der Waals surface area contributed by atoms with Gasteiger partial charge in [0.2, 0.25) is 0 Å². The molecular formula is C23H23BrN2O4. The zero-order valence-corrected chi connectivity index (χ0v) is 18.3. The van der Waals surface area contributed by atoms with Crippen LogP contribution >= 0.6 is 15.9 Å². The zero-order valence-electron chi connectivity index (χ0n) is 16.7. The number of benzene rings is 2. The van der Waals surface area contributed by atoms with E-state index in [0.29, 0.717) is 16.7 Å². The second-order valence-corrected chi connectivity index (χ2v) is 8.40. The molecular weight excluding hydrogens is 448 g/mol. The van der Waals surface area contributed by atoms with E-state index in [4.69, 9.17) is 9.15 Å². The van der Waals surface area contributed by atoms with E-state index < -0.39 is 0 Å². The molecule has 0 spiro atoms. The number of carbonyl (C=O) groups excluding carboxylic acids is 1. The molecule has 1 saturated heterocycles. The Balaban J connectivity index is 1.37. The summed E-state index contributed by atoms with van der Waals surface area (Å²) in [6.45, 7) is 2.70. The lowest BCUT2D eigenvalue weighted by atomic mass is 10.0. The van der Waals surface area contributed by atoms with Crippen LogP contribution in [0, 0.1) is 0 Å². The van der Waals surface area contributed by atoms with Gasteiger partial charge in [-0.3, -0.25) is 14.5 Å². The topological polar surface area (TPSA) is 71.8 Å². The molecule has 0 atom stereocenters. The predicted octanol–water partition coefficient (Wildman–Crippen LogP) is 3.96. The molecule has 3 aromatic rings. The molecule has 0 saturated carbocycles. The maximum absolute atomic E-state index is 12.7. The van der Waals surface area contributed by atoms with Crippen LogP contribution in [0.5, 0.6) is 5.75 Å². The molecule has 1 aliphatic rings. The summed E-state index contributed by atoms with van der Waals surface area (Å²) in [6.07, 6.45) is 1.71. The van der Waals surface area contributed by atoms with Gasteiger partial charge in [-0.2, -0.15) is 0 Å². The van der Waals surface area contributed by atoms with Crippen molar-refractivity contribution < 1.29 is 13.9 Å². The van der Waals surface area contributed by atoms with Crippen molar-refractivity contribution in [3.63, 3.8) is 0 Å². The van der Waals surface area contributed by atoms with E-state index >= 15 is 0 Å². The number of nitrogens with zero attached hydrogens (tertiary/aromatic N) is 1. The van der Waals surface area contributed by atoms with Gasteiger partial charge in [0.1, 0.15) is 11.3 Å². The Morgan fingerprint density at radius 3 is 2.60 bits per heavy atom. The van der Waals surface area contributed by atoms with Crippen molar-refractivity contribution in [2.45, 2.75) is 25.4 Å². The van der Waals surface area contributed by atoms with Gasteiger partial charge in [-0.15, -0.1) is 0 Å². The van der Waals surface area contributed by atoms with Crippen LogP contribution in [0.15, 0.2) is 62.2 Å². The largest absolute Gasteiger partial charge is 0.497 e. The number of fused-ring (bicyclic) bond motifs is 1. The van der Waals surface area contributed by atoms with Gasteiger partial charge >= 0.3 is 0 Å². The minimum atomic E-state index is -0.358. The average Bonchev–Trinajstić information content (AvgIpc) is 2.76. The smallest absolute Gasteiger partial charge is 0.287 e. The van der Waals surface area contributed by atoms with Crippen molar-refractivity contribution in [3.05, 3.63) is 74.6 Å². The fourth-order valence-electron chi connectivity index (χ4n) is 3.71. The van der Waals surface area contributed by atoms with E-state index in [-0.39, 0.29) is 23.1 Å². The van der Waals surface area contributed by atoms with Gasteiger partial charge in [0.25, 0.3) is 5.91 Å². The average molecular weight is 471 g/mol. The Kier molecular flexibility index (Phi) is 6.20. The molecule has 1 fully saturated rings. The van der Waals surface area contributed by atoms with E-state index in [2.05, 4.69) is 50.4 Å². The molecule has 0 bridgehead atoms. The first-order chi connectivity index (χ1) is 14.5. The molecule has 6 nitrogen and oxygen atoms in total. The number of amides is 1. The number of carbonyl (C=O) groups is 1. The first-order valence-corrected chi connectivity index (χ1v) is 10.7. The Morgan fingerprint density at radius 1 is 1.17 bits per heavy atom. The molecule has 1 amide bonds.